The molecule has 0 unspecified atom stereocenters. The topological polar surface area (TPSA) is 47.2 Å². The van der Waals surface area contributed by atoms with Crippen molar-refractivity contribution in [1.82, 2.24) is 9.88 Å². The van der Waals surface area contributed by atoms with Crippen LogP contribution in [0.15, 0.2) is 57.9 Å². The van der Waals surface area contributed by atoms with E-state index >= 15 is 0 Å². The van der Waals surface area contributed by atoms with Crippen molar-refractivity contribution in [1.29, 1.82) is 0 Å². The number of hydrogen-bond donors (Lipinski definition) is 1. The van der Waals surface area contributed by atoms with Gasteiger partial charge in [-0.1, -0.05) is 25.1 Å². The predicted octanol–water partition coefficient (Wildman–Crippen LogP) is 2.75. The molecular weight excluding hydrogens is 264 g/mol. The molecule has 2 heterocycles. The molecule has 0 aliphatic heterocycles. The lowest BCUT2D eigenvalue weighted by Gasteiger charge is -2.05. The fourth-order valence-electron chi connectivity index (χ4n) is 2.37. The van der Waals surface area contributed by atoms with Crippen molar-refractivity contribution in [3.63, 3.8) is 0 Å². The van der Waals surface area contributed by atoms with Crippen LogP contribution in [-0.2, 0) is 13.1 Å². The highest BCUT2D eigenvalue weighted by Gasteiger charge is 2.06. The SMILES string of the molecule is CCNCc1ccc(Cn2ccc3ccccc3c2=O)o1. The minimum Gasteiger partial charge on any atom is -0.463 e. The van der Waals surface area contributed by atoms with Gasteiger partial charge in [0.2, 0.25) is 0 Å². The van der Waals surface area contributed by atoms with Crippen LogP contribution in [0.5, 0.6) is 0 Å². The van der Waals surface area contributed by atoms with Crippen molar-refractivity contribution in [2.75, 3.05) is 6.54 Å². The van der Waals surface area contributed by atoms with Gasteiger partial charge < -0.3 is 14.3 Å². The first kappa shape index (κ1) is 13.6. The molecule has 0 spiro atoms. The van der Waals surface area contributed by atoms with Crippen LogP contribution in [0, 0.1) is 0 Å². The van der Waals surface area contributed by atoms with Crippen molar-refractivity contribution < 1.29 is 4.42 Å². The number of fused-ring (bicyclic) bond motifs is 1. The second-order valence-electron chi connectivity index (χ2n) is 4.98. The van der Waals surface area contributed by atoms with E-state index in [2.05, 4.69) is 12.2 Å². The highest BCUT2D eigenvalue weighted by Crippen LogP contribution is 2.11. The molecule has 0 saturated carbocycles. The van der Waals surface area contributed by atoms with Gasteiger partial charge in [-0.05, 0) is 36.2 Å². The van der Waals surface area contributed by atoms with Crippen molar-refractivity contribution in [3.05, 3.63) is 70.5 Å². The van der Waals surface area contributed by atoms with Crippen molar-refractivity contribution >= 4 is 10.8 Å². The maximum atomic E-state index is 12.4. The fourth-order valence-corrected chi connectivity index (χ4v) is 2.37. The molecule has 0 radical (unpaired) electrons. The van der Waals surface area contributed by atoms with Crippen LogP contribution >= 0.6 is 0 Å². The van der Waals surface area contributed by atoms with Gasteiger partial charge in [0.1, 0.15) is 11.5 Å². The van der Waals surface area contributed by atoms with Crippen molar-refractivity contribution in [2.45, 2.75) is 20.0 Å². The van der Waals surface area contributed by atoms with Crippen LogP contribution in [-0.4, -0.2) is 11.1 Å². The van der Waals surface area contributed by atoms with E-state index in [1.54, 1.807) is 4.57 Å². The molecule has 0 saturated heterocycles. The Kier molecular flexibility index (Phi) is 3.88. The molecule has 3 aromatic rings. The lowest BCUT2D eigenvalue weighted by atomic mass is 10.2. The minimum atomic E-state index is 0.0118. The first-order valence-electron chi connectivity index (χ1n) is 7.14. The zero-order chi connectivity index (χ0) is 14.7. The molecule has 0 amide bonds. The molecule has 21 heavy (non-hydrogen) atoms. The van der Waals surface area contributed by atoms with E-state index in [4.69, 9.17) is 4.42 Å². The van der Waals surface area contributed by atoms with Gasteiger partial charge in [-0.2, -0.15) is 0 Å². The highest BCUT2D eigenvalue weighted by molar-refractivity contribution is 5.81. The Hall–Kier alpha value is -2.33. The molecule has 0 atom stereocenters. The van der Waals surface area contributed by atoms with Gasteiger partial charge in [0.25, 0.3) is 5.56 Å². The summed E-state index contributed by atoms with van der Waals surface area (Å²) in [5.41, 5.74) is 0.0118. The summed E-state index contributed by atoms with van der Waals surface area (Å²) in [6, 6.07) is 13.5. The molecule has 2 aromatic heterocycles. The van der Waals surface area contributed by atoms with Gasteiger partial charge in [-0.15, -0.1) is 0 Å². The molecule has 1 aromatic carbocycles. The van der Waals surface area contributed by atoms with Crippen LogP contribution in [0.2, 0.25) is 0 Å². The van der Waals surface area contributed by atoms with E-state index in [1.165, 1.54) is 0 Å². The number of pyridine rings is 1. The molecule has 0 bridgehead atoms. The molecule has 0 aliphatic carbocycles. The Labute approximate surface area is 123 Å². The number of aromatic nitrogens is 1. The van der Waals surface area contributed by atoms with E-state index in [1.807, 2.05) is 48.7 Å². The number of hydrogen-bond acceptors (Lipinski definition) is 3. The van der Waals surface area contributed by atoms with Crippen molar-refractivity contribution in [3.8, 4) is 0 Å². The van der Waals surface area contributed by atoms with Gasteiger partial charge >= 0.3 is 0 Å². The monoisotopic (exact) mass is 282 g/mol. The lowest BCUT2D eigenvalue weighted by Crippen LogP contribution is -2.19. The van der Waals surface area contributed by atoms with E-state index in [-0.39, 0.29) is 5.56 Å². The second kappa shape index (κ2) is 5.97. The summed E-state index contributed by atoms with van der Waals surface area (Å²) >= 11 is 0. The molecule has 0 fully saturated rings. The van der Waals surface area contributed by atoms with Gasteiger partial charge in [-0.3, -0.25) is 4.79 Å². The predicted molar refractivity (Wildman–Crippen MR) is 83.4 cm³/mol. The maximum absolute atomic E-state index is 12.4. The van der Waals surface area contributed by atoms with Crippen LogP contribution < -0.4 is 10.9 Å². The molecule has 1 N–H and O–H groups in total. The summed E-state index contributed by atoms with van der Waals surface area (Å²) in [5.74, 6) is 1.68. The number of nitrogens with zero attached hydrogens (tertiary/aromatic N) is 1. The van der Waals surface area contributed by atoms with E-state index < -0.39 is 0 Å². The first-order chi connectivity index (χ1) is 10.3. The molecule has 108 valence electrons. The Morgan fingerprint density at radius 1 is 1.10 bits per heavy atom. The standard InChI is InChI=1S/C17H18N2O2/c1-2-18-11-14-7-8-15(21-14)12-19-10-9-13-5-3-4-6-16(13)17(19)20/h3-10,18H,2,11-12H2,1H3. The maximum Gasteiger partial charge on any atom is 0.258 e. The Morgan fingerprint density at radius 2 is 1.90 bits per heavy atom. The fraction of sp³-hybridized carbons (Fsp3) is 0.235. The average molecular weight is 282 g/mol. The summed E-state index contributed by atoms with van der Waals surface area (Å²) in [6.07, 6.45) is 1.82. The Balaban J connectivity index is 1.86. The number of nitrogens with one attached hydrogen (secondary N) is 1. The highest BCUT2D eigenvalue weighted by atomic mass is 16.3. The summed E-state index contributed by atoms with van der Waals surface area (Å²) in [6.45, 7) is 4.12. The average Bonchev–Trinajstić information content (AvgIpc) is 2.96. The summed E-state index contributed by atoms with van der Waals surface area (Å²) in [4.78, 5) is 12.4. The van der Waals surface area contributed by atoms with Gasteiger partial charge in [0, 0.05) is 11.6 Å². The zero-order valence-electron chi connectivity index (χ0n) is 12.0. The summed E-state index contributed by atoms with van der Waals surface area (Å²) < 4.78 is 7.41. The number of benzene rings is 1. The quantitative estimate of drug-likeness (QED) is 0.782. The summed E-state index contributed by atoms with van der Waals surface area (Å²) in [5, 5.41) is 4.91. The van der Waals surface area contributed by atoms with Gasteiger partial charge in [-0.25, -0.2) is 0 Å². The molecule has 3 rings (SSSR count). The lowest BCUT2D eigenvalue weighted by molar-refractivity contribution is 0.438. The third-order valence-corrected chi connectivity index (χ3v) is 3.48. The van der Waals surface area contributed by atoms with Crippen LogP contribution in [0.25, 0.3) is 10.8 Å². The minimum absolute atomic E-state index is 0.0118. The van der Waals surface area contributed by atoms with E-state index in [0.29, 0.717) is 13.1 Å². The third-order valence-electron chi connectivity index (χ3n) is 3.48. The van der Waals surface area contributed by atoms with Crippen LogP contribution in [0.4, 0.5) is 0 Å². The molecule has 0 aliphatic rings. The summed E-state index contributed by atoms with van der Waals surface area (Å²) in [7, 11) is 0. The largest absolute Gasteiger partial charge is 0.463 e. The molecule has 4 nitrogen and oxygen atoms in total. The normalized spacial score (nSPS) is 11.1. The van der Waals surface area contributed by atoms with E-state index in [9.17, 15) is 4.79 Å². The Bertz CT molecular complexity index is 802. The second-order valence-corrected chi connectivity index (χ2v) is 4.98. The van der Waals surface area contributed by atoms with Crippen LogP contribution in [0.1, 0.15) is 18.4 Å². The van der Waals surface area contributed by atoms with Crippen LogP contribution in [0.3, 0.4) is 0 Å². The number of rotatable bonds is 5. The van der Waals surface area contributed by atoms with E-state index in [0.717, 1.165) is 28.8 Å². The van der Waals surface area contributed by atoms with Gasteiger partial charge in [0.05, 0.1) is 13.1 Å². The Morgan fingerprint density at radius 3 is 2.76 bits per heavy atom. The first-order valence-corrected chi connectivity index (χ1v) is 7.14. The zero-order valence-corrected chi connectivity index (χ0v) is 12.0. The molecule has 4 heteroatoms. The molecular formula is C17H18N2O2. The number of furan rings is 1. The third kappa shape index (κ3) is 2.90. The van der Waals surface area contributed by atoms with Gasteiger partial charge in [0.15, 0.2) is 0 Å². The van der Waals surface area contributed by atoms with Crippen molar-refractivity contribution in [2.24, 2.45) is 0 Å². The smallest absolute Gasteiger partial charge is 0.258 e.